The van der Waals surface area contributed by atoms with E-state index in [0.29, 0.717) is 16.5 Å². The van der Waals surface area contributed by atoms with Crippen molar-refractivity contribution >= 4 is 27.9 Å². The fourth-order valence-electron chi connectivity index (χ4n) is 2.59. The summed E-state index contributed by atoms with van der Waals surface area (Å²) < 4.78 is 36.2. The number of fused-ring (bicyclic) bond motifs is 2. The van der Waals surface area contributed by atoms with E-state index in [1.165, 1.54) is 9.58 Å². The Labute approximate surface area is 136 Å². The van der Waals surface area contributed by atoms with E-state index in [0.717, 1.165) is 0 Å². The van der Waals surface area contributed by atoms with Crippen LogP contribution in [0.3, 0.4) is 0 Å². The van der Waals surface area contributed by atoms with Crippen LogP contribution in [0.5, 0.6) is 0 Å². The first-order valence-electron chi connectivity index (χ1n) is 6.90. The van der Waals surface area contributed by atoms with Crippen LogP contribution in [-0.4, -0.2) is 75.4 Å². The lowest BCUT2D eigenvalue weighted by molar-refractivity contribution is -0.121. The van der Waals surface area contributed by atoms with Gasteiger partial charge in [0, 0.05) is 12.7 Å². The molecule has 2 amide bonds. The summed E-state index contributed by atoms with van der Waals surface area (Å²) in [6.45, 7) is -0.188. The normalized spacial score (nSPS) is 20.5. The molecule has 24 heavy (non-hydrogen) atoms. The third-order valence-electron chi connectivity index (χ3n) is 3.57. The molecule has 1 aromatic heterocycles. The van der Waals surface area contributed by atoms with Crippen molar-refractivity contribution in [2.45, 2.75) is 12.5 Å². The van der Waals surface area contributed by atoms with Crippen molar-refractivity contribution in [3.05, 3.63) is 24.0 Å². The maximum absolute atomic E-state index is 12.0. The number of Topliss-reactive ketones (excluding diaryl/α,β-unsaturated/α-hetero) is 1. The second kappa shape index (κ2) is 5.98. The van der Waals surface area contributed by atoms with Crippen molar-refractivity contribution in [2.24, 2.45) is 0 Å². The van der Waals surface area contributed by atoms with Crippen LogP contribution in [0.1, 0.15) is 5.69 Å². The molecule has 1 aromatic rings. The topological polar surface area (TPSA) is 142 Å². The van der Waals surface area contributed by atoms with Gasteiger partial charge in [0.25, 0.3) is 0 Å². The minimum absolute atomic E-state index is 0.0131. The van der Waals surface area contributed by atoms with Crippen molar-refractivity contribution < 1.29 is 31.9 Å². The number of rotatable bonds is 6. The first-order valence-corrected chi connectivity index (χ1v) is 8.26. The van der Waals surface area contributed by atoms with E-state index in [1.807, 2.05) is 0 Å². The summed E-state index contributed by atoms with van der Waals surface area (Å²) in [4.78, 5) is 24.6. The van der Waals surface area contributed by atoms with Gasteiger partial charge in [-0.3, -0.25) is 9.35 Å². The van der Waals surface area contributed by atoms with E-state index in [1.54, 1.807) is 18.3 Å². The number of urea groups is 1. The molecule has 2 bridgehead atoms. The molecule has 130 valence electrons. The Hall–Kier alpha value is -2.28. The maximum Gasteiger partial charge on any atom is 0.418 e. The molecule has 1 atom stereocenters. The van der Waals surface area contributed by atoms with Crippen molar-refractivity contribution in [3.8, 4) is 0 Å². The largest absolute Gasteiger partial charge is 0.418 e. The zero-order valence-corrected chi connectivity index (χ0v) is 13.1. The first kappa shape index (κ1) is 16.6. The Balaban J connectivity index is 1.80. The summed E-state index contributed by atoms with van der Waals surface area (Å²) >= 11 is 0. The number of carbonyl (C=O) groups is 2. The highest BCUT2D eigenvalue weighted by Gasteiger charge is 2.43. The second-order valence-corrected chi connectivity index (χ2v) is 6.35. The van der Waals surface area contributed by atoms with E-state index in [4.69, 9.17) is 9.66 Å². The lowest BCUT2D eigenvalue weighted by Gasteiger charge is -2.21. The van der Waals surface area contributed by atoms with Gasteiger partial charge in [-0.25, -0.2) is 9.48 Å². The molecule has 1 unspecified atom stereocenters. The molecule has 0 saturated carbocycles. The zero-order valence-electron chi connectivity index (χ0n) is 12.3. The zero-order chi connectivity index (χ0) is 17.5. The molecule has 0 aliphatic carbocycles. The molecular formula is C12H14N4O7S. The van der Waals surface area contributed by atoms with Gasteiger partial charge in [0.2, 0.25) is 0 Å². The van der Waals surface area contributed by atoms with Gasteiger partial charge in [0.1, 0.15) is 12.6 Å². The summed E-state index contributed by atoms with van der Waals surface area (Å²) in [5, 5.41) is 13.5. The predicted octanol–water partition coefficient (Wildman–Crippen LogP) is -1.32. The monoisotopic (exact) mass is 358 g/mol. The van der Waals surface area contributed by atoms with Gasteiger partial charge >= 0.3 is 16.4 Å². The number of hydroxylamine groups is 2. The lowest BCUT2D eigenvalue weighted by Crippen LogP contribution is -2.35. The van der Waals surface area contributed by atoms with E-state index >= 15 is 0 Å². The van der Waals surface area contributed by atoms with E-state index in [-0.39, 0.29) is 25.3 Å². The minimum atomic E-state index is -4.81. The number of hydrogen-bond donors (Lipinski definition) is 2. The number of aromatic nitrogens is 2. The Morgan fingerprint density at radius 2 is 2.21 bits per heavy atom. The smallest absolute Gasteiger partial charge is 0.389 e. The molecular weight excluding hydrogens is 344 g/mol. The summed E-state index contributed by atoms with van der Waals surface area (Å²) in [5.74, 6) is -0.371. The summed E-state index contributed by atoms with van der Waals surface area (Å²) in [5.41, 5.74) is 1.05. The Kier molecular flexibility index (Phi) is 4.13. The molecule has 1 fully saturated rings. The Morgan fingerprint density at radius 1 is 1.46 bits per heavy atom. The van der Waals surface area contributed by atoms with Crippen molar-refractivity contribution in [3.63, 3.8) is 0 Å². The fourth-order valence-corrected chi connectivity index (χ4v) is 2.97. The van der Waals surface area contributed by atoms with Crippen LogP contribution in [0.25, 0.3) is 5.70 Å². The van der Waals surface area contributed by atoms with E-state index < -0.39 is 29.1 Å². The summed E-state index contributed by atoms with van der Waals surface area (Å²) in [7, 11) is -4.81. The summed E-state index contributed by atoms with van der Waals surface area (Å²) in [6.07, 6.45) is 3.17. The minimum Gasteiger partial charge on any atom is -0.389 e. The van der Waals surface area contributed by atoms with Crippen LogP contribution in [0.15, 0.2) is 18.3 Å². The molecule has 12 heteroatoms. The SMILES string of the molecule is O=C(CO)Cc1ccn(C2=CC3CN(C2)C(=O)N3OS(=O)(=O)O)n1. The van der Waals surface area contributed by atoms with Crippen LogP contribution >= 0.6 is 0 Å². The fraction of sp³-hybridized carbons (Fsp3) is 0.417. The number of amides is 2. The van der Waals surface area contributed by atoms with Gasteiger partial charge in [-0.05, 0) is 12.1 Å². The number of carbonyl (C=O) groups excluding carboxylic acids is 2. The van der Waals surface area contributed by atoms with Gasteiger partial charge in [0.05, 0.1) is 24.4 Å². The number of aliphatic hydroxyl groups excluding tert-OH is 1. The van der Waals surface area contributed by atoms with Crippen molar-refractivity contribution in [2.75, 3.05) is 19.7 Å². The van der Waals surface area contributed by atoms with Gasteiger partial charge < -0.3 is 10.0 Å². The van der Waals surface area contributed by atoms with Crippen molar-refractivity contribution in [1.29, 1.82) is 0 Å². The standard InChI is InChI=1S/C12H14N4O7S/c17-7-11(18)3-8-1-2-15(13-8)9-4-10-6-14(5-9)12(19)16(10)23-24(20,21)22/h1-2,4,10,17H,3,5-7H2,(H,20,21,22). The van der Waals surface area contributed by atoms with Crippen molar-refractivity contribution in [1.82, 2.24) is 19.7 Å². The maximum atomic E-state index is 12.0. The van der Waals surface area contributed by atoms with Gasteiger partial charge in [-0.15, -0.1) is 4.28 Å². The van der Waals surface area contributed by atoms with E-state index in [9.17, 15) is 18.0 Å². The highest BCUT2D eigenvalue weighted by atomic mass is 32.3. The first-order chi connectivity index (χ1) is 11.3. The molecule has 2 aliphatic heterocycles. The average Bonchev–Trinajstić information content (AvgIpc) is 3.05. The van der Waals surface area contributed by atoms with Crippen LogP contribution in [0.4, 0.5) is 4.79 Å². The molecule has 3 heterocycles. The predicted molar refractivity (Wildman–Crippen MR) is 77.5 cm³/mol. The van der Waals surface area contributed by atoms with Gasteiger partial charge in [-0.1, -0.05) is 0 Å². The van der Waals surface area contributed by atoms with Crippen LogP contribution in [-0.2, 0) is 25.9 Å². The van der Waals surface area contributed by atoms with Gasteiger partial charge in [-0.2, -0.15) is 18.6 Å². The molecule has 1 saturated heterocycles. The molecule has 0 radical (unpaired) electrons. The molecule has 3 rings (SSSR count). The second-order valence-electron chi connectivity index (χ2n) is 5.34. The molecule has 2 N–H and O–H groups in total. The number of aliphatic hydroxyl groups is 1. The number of ketones is 1. The third-order valence-corrected chi connectivity index (χ3v) is 3.92. The Morgan fingerprint density at radius 3 is 2.88 bits per heavy atom. The van der Waals surface area contributed by atoms with Crippen LogP contribution < -0.4 is 0 Å². The third kappa shape index (κ3) is 3.31. The highest BCUT2D eigenvalue weighted by Crippen LogP contribution is 2.27. The van der Waals surface area contributed by atoms with E-state index in [2.05, 4.69) is 9.38 Å². The summed E-state index contributed by atoms with van der Waals surface area (Å²) in [6, 6.07) is 0.218. The molecule has 2 aliphatic rings. The molecule has 0 aromatic carbocycles. The lowest BCUT2D eigenvalue weighted by atomic mass is 10.2. The highest BCUT2D eigenvalue weighted by molar-refractivity contribution is 7.80. The van der Waals surface area contributed by atoms with Crippen LogP contribution in [0.2, 0.25) is 0 Å². The van der Waals surface area contributed by atoms with Crippen LogP contribution in [0, 0.1) is 0 Å². The Bertz CT molecular complexity index is 815. The molecule has 11 nitrogen and oxygen atoms in total. The number of hydrogen-bond acceptors (Lipinski definition) is 7. The number of nitrogens with zero attached hydrogens (tertiary/aromatic N) is 4. The van der Waals surface area contributed by atoms with Gasteiger partial charge in [0.15, 0.2) is 5.78 Å². The molecule has 0 spiro atoms. The average molecular weight is 358 g/mol. The quantitative estimate of drug-likeness (QED) is 0.596.